The molecular weight excluding hydrogens is 166 g/mol. The summed E-state index contributed by atoms with van der Waals surface area (Å²) >= 11 is 0. The van der Waals surface area contributed by atoms with Gasteiger partial charge in [0.1, 0.15) is 5.70 Å². The molecule has 0 atom stereocenters. The zero-order valence-corrected chi connectivity index (χ0v) is 6.95. The molecule has 0 aliphatic carbocycles. The maximum absolute atomic E-state index is 10.8. The van der Waals surface area contributed by atoms with Crippen molar-refractivity contribution in [3.63, 3.8) is 0 Å². The van der Waals surface area contributed by atoms with Crippen LogP contribution in [0.15, 0.2) is 24.3 Å². The van der Waals surface area contributed by atoms with Gasteiger partial charge in [-0.3, -0.25) is 0 Å². The Bertz CT molecular complexity index is 462. The van der Waals surface area contributed by atoms with Crippen LogP contribution in [0.2, 0.25) is 0 Å². The minimum absolute atomic E-state index is 0.290. The number of benzene rings is 1. The Kier molecular flexibility index (Phi) is 1.77. The molecule has 0 unspecified atom stereocenters. The number of rotatable bonds is 1. The quantitative estimate of drug-likeness (QED) is 0.591. The maximum atomic E-state index is 10.8. The molecule has 1 aliphatic rings. The lowest BCUT2D eigenvalue weighted by molar-refractivity contribution is -0.130. The summed E-state index contributed by atoms with van der Waals surface area (Å²) in [6.45, 7) is 0.582. The predicted molar refractivity (Wildman–Crippen MR) is 49.2 cm³/mol. The molecule has 66 valence electrons. The van der Waals surface area contributed by atoms with E-state index < -0.39 is 5.97 Å². The van der Waals surface area contributed by atoms with Gasteiger partial charge in [-0.05, 0) is 5.22 Å². The number of hydrogen-bond donors (Lipinski definition) is 2. The van der Waals surface area contributed by atoms with Crippen molar-refractivity contribution < 1.29 is 9.90 Å². The summed E-state index contributed by atoms with van der Waals surface area (Å²) in [7, 11) is 0. The summed E-state index contributed by atoms with van der Waals surface area (Å²) in [6, 6.07) is 7.46. The lowest BCUT2D eigenvalue weighted by Crippen LogP contribution is -2.39. The van der Waals surface area contributed by atoms with Crippen molar-refractivity contribution in [2.75, 3.05) is 6.54 Å². The molecule has 0 saturated carbocycles. The Balaban J connectivity index is 2.83. The molecule has 2 rings (SSSR count). The van der Waals surface area contributed by atoms with Crippen LogP contribution in [0.3, 0.4) is 0 Å². The molecule has 0 spiro atoms. The van der Waals surface area contributed by atoms with E-state index in [1.807, 2.05) is 24.3 Å². The second-order valence-corrected chi connectivity index (χ2v) is 2.85. The van der Waals surface area contributed by atoms with E-state index in [2.05, 4.69) is 5.32 Å². The topological polar surface area (TPSA) is 49.3 Å². The Labute approximate surface area is 75.0 Å². The van der Waals surface area contributed by atoms with Gasteiger partial charge in [0.25, 0.3) is 0 Å². The van der Waals surface area contributed by atoms with Crippen LogP contribution in [0, 0.1) is 0 Å². The minimum atomic E-state index is -0.902. The third kappa shape index (κ3) is 1.28. The molecule has 0 fully saturated rings. The molecular formula is C10H9NO2. The normalized spacial score (nSPS) is 14.0. The van der Waals surface area contributed by atoms with Crippen LogP contribution in [0.1, 0.15) is 0 Å². The van der Waals surface area contributed by atoms with Gasteiger partial charge in [0.2, 0.25) is 0 Å². The van der Waals surface area contributed by atoms with Crippen molar-refractivity contribution in [3.05, 3.63) is 34.7 Å². The van der Waals surface area contributed by atoms with Crippen molar-refractivity contribution >= 4 is 17.7 Å². The third-order valence-corrected chi connectivity index (χ3v) is 2.04. The van der Waals surface area contributed by atoms with Crippen LogP contribution in [0.5, 0.6) is 0 Å². The molecule has 1 heterocycles. The predicted octanol–water partition coefficient (Wildman–Crippen LogP) is -0.737. The summed E-state index contributed by atoms with van der Waals surface area (Å²) in [5.41, 5.74) is 0.290. The molecule has 0 saturated heterocycles. The number of carbonyl (C=O) groups is 1. The number of aliphatic carboxylic acids is 1. The van der Waals surface area contributed by atoms with Crippen molar-refractivity contribution in [3.8, 4) is 0 Å². The highest BCUT2D eigenvalue weighted by atomic mass is 16.4. The van der Waals surface area contributed by atoms with Gasteiger partial charge in [-0.2, -0.15) is 0 Å². The van der Waals surface area contributed by atoms with Crippen LogP contribution in [0.4, 0.5) is 0 Å². The second-order valence-electron chi connectivity index (χ2n) is 2.85. The average molecular weight is 175 g/mol. The molecule has 0 aromatic heterocycles. The first-order chi connectivity index (χ1) is 6.29. The van der Waals surface area contributed by atoms with E-state index in [1.54, 1.807) is 6.07 Å². The Morgan fingerprint density at radius 1 is 1.38 bits per heavy atom. The Morgan fingerprint density at radius 2 is 2.15 bits per heavy atom. The first kappa shape index (κ1) is 7.86. The third-order valence-electron chi connectivity index (χ3n) is 2.04. The molecule has 1 aromatic rings. The average Bonchev–Trinajstić information content (AvgIpc) is 2.17. The molecule has 0 radical (unpaired) electrons. The fourth-order valence-corrected chi connectivity index (χ4v) is 1.45. The molecule has 3 nitrogen and oxygen atoms in total. The number of carboxylic acid groups (broad SMARTS) is 1. The maximum Gasteiger partial charge on any atom is 0.352 e. The smallest absolute Gasteiger partial charge is 0.352 e. The molecule has 3 heteroatoms. The van der Waals surface area contributed by atoms with Crippen LogP contribution in [-0.4, -0.2) is 17.6 Å². The Hall–Kier alpha value is -1.77. The van der Waals surface area contributed by atoms with E-state index in [0.29, 0.717) is 6.54 Å². The monoisotopic (exact) mass is 175 g/mol. The highest BCUT2D eigenvalue weighted by molar-refractivity contribution is 6.07. The van der Waals surface area contributed by atoms with Crippen LogP contribution in [0.25, 0.3) is 11.8 Å². The van der Waals surface area contributed by atoms with E-state index in [1.165, 1.54) is 0 Å². The summed E-state index contributed by atoms with van der Waals surface area (Å²) in [4.78, 5) is 10.8. The fraction of sp³-hybridized carbons (Fsp3) is 0.100. The largest absolute Gasteiger partial charge is 0.477 e. The van der Waals surface area contributed by atoms with Gasteiger partial charge < -0.3 is 10.4 Å². The number of hydrogen-bond acceptors (Lipinski definition) is 2. The highest BCUT2D eigenvalue weighted by Gasteiger charge is 2.09. The van der Waals surface area contributed by atoms with Crippen molar-refractivity contribution in [2.45, 2.75) is 0 Å². The summed E-state index contributed by atoms with van der Waals surface area (Å²) in [5.74, 6) is -0.902. The molecule has 1 aromatic carbocycles. The standard InChI is InChI=1S/C10H9NO2/c12-10(13)9-8-4-2-1-3-7(8)5-6-11-9/h1-5,11H,6H2,(H,12,13). The van der Waals surface area contributed by atoms with Gasteiger partial charge in [-0.15, -0.1) is 0 Å². The van der Waals surface area contributed by atoms with E-state index in [-0.39, 0.29) is 5.70 Å². The number of carboxylic acids is 1. The highest BCUT2D eigenvalue weighted by Crippen LogP contribution is 1.89. The van der Waals surface area contributed by atoms with E-state index in [9.17, 15) is 4.79 Å². The fourth-order valence-electron chi connectivity index (χ4n) is 1.45. The van der Waals surface area contributed by atoms with Crippen molar-refractivity contribution in [1.82, 2.24) is 5.32 Å². The SMILES string of the molecule is O=C(O)C1=c2ccccc2=CCN1. The summed E-state index contributed by atoms with van der Waals surface area (Å²) in [6.07, 6.45) is 1.97. The van der Waals surface area contributed by atoms with Crippen molar-refractivity contribution in [2.24, 2.45) is 0 Å². The minimum Gasteiger partial charge on any atom is -0.477 e. The van der Waals surface area contributed by atoms with Gasteiger partial charge in [-0.1, -0.05) is 30.3 Å². The molecule has 13 heavy (non-hydrogen) atoms. The number of fused-ring (bicyclic) bond motifs is 1. The number of nitrogens with one attached hydrogen (secondary N) is 1. The van der Waals surface area contributed by atoms with Crippen LogP contribution >= 0.6 is 0 Å². The summed E-state index contributed by atoms with van der Waals surface area (Å²) in [5, 5.41) is 13.5. The first-order valence-corrected chi connectivity index (χ1v) is 4.06. The molecule has 0 amide bonds. The zero-order valence-electron chi connectivity index (χ0n) is 6.95. The van der Waals surface area contributed by atoms with Crippen LogP contribution in [-0.2, 0) is 4.79 Å². The van der Waals surface area contributed by atoms with Crippen molar-refractivity contribution in [1.29, 1.82) is 0 Å². The van der Waals surface area contributed by atoms with Gasteiger partial charge in [-0.25, -0.2) is 4.79 Å². The second kappa shape index (κ2) is 2.94. The van der Waals surface area contributed by atoms with Gasteiger partial charge in [0.15, 0.2) is 0 Å². The molecule has 1 aliphatic heterocycles. The molecule has 0 bridgehead atoms. The lowest BCUT2D eigenvalue weighted by Gasteiger charge is -2.08. The van der Waals surface area contributed by atoms with E-state index in [0.717, 1.165) is 10.4 Å². The van der Waals surface area contributed by atoms with Gasteiger partial charge in [0.05, 0.1) is 0 Å². The van der Waals surface area contributed by atoms with E-state index >= 15 is 0 Å². The molecule has 2 N–H and O–H groups in total. The summed E-state index contributed by atoms with van der Waals surface area (Å²) < 4.78 is 0. The first-order valence-electron chi connectivity index (χ1n) is 4.06. The van der Waals surface area contributed by atoms with Gasteiger partial charge in [0, 0.05) is 11.8 Å². The lowest BCUT2D eigenvalue weighted by atomic mass is 10.1. The van der Waals surface area contributed by atoms with E-state index in [4.69, 9.17) is 5.11 Å². The van der Waals surface area contributed by atoms with Crippen LogP contribution < -0.4 is 15.8 Å². The Morgan fingerprint density at radius 3 is 2.92 bits per heavy atom. The zero-order chi connectivity index (χ0) is 9.26. The van der Waals surface area contributed by atoms with Gasteiger partial charge >= 0.3 is 5.97 Å².